The Morgan fingerprint density at radius 1 is 1.23 bits per heavy atom. The number of amides is 1. The number of likely N-dealkylation sites (tertiary alicyclic amines) is 1. The first-order valence-electron chi connectivity index (χ1n) is 10.7. The molecule has 3 aromatic rings. The van der Waals surface area contributed by atoms with Crippen molar-refractivity contribution >= 4 is 22.6 Å². The van der Waals surface area contributed by atoms with Crippen LogP contribution >= 0.6 is 0 Å². The molecule has 1 aliphatic rings. The summed E-state index contributed by atoms with van der Waals surface area (Å²) in [5.41, 5.74) is 10.2. The summed E-state index contributed by atoms with van der Waals surface area (Å²) in [6, 6.07) is 13.8. The number of nitrogens with one attached hydrogen (secondary N) is 3. The van der Waals surface area contributed by atoms with E-state index >= 15 is 0 Å². The molecule has 0 unspecified atom stereocenters. The molecule has 0 spiro atoms. The van der Waals surface area contributed by atoms with E-state index in [4.69, 9.17) is 11.1 Å². The molecule has 0 bridgehead atoms. The standard InChI is InChI=1S/C24H29N5O2/c1-29(31)12-9-18(10-13-29)17-3-5-19(6-4-17)24(30)27-11-8-16-2-7-22-20(14-16)21(15-28-22)23(25)26/h2-7,14-15,18,28H,8-13H2,1H3,(H3,25,26)(H,27,30). The molecule has 31 heavy (non-hydrogen) atoms. The van der Waals surface area contributed by atoms with Gasteiger partial charge in [-0.3, -0.25) is 10.2 Å². The molecule has 1 aromatic heterocycles. The fraction of sp³-hybridized carbons (Fsp3) is 0.333. The zero-order chi connectivity index (χ0) is 22.0. The van der Waals surface area contributed by atoms with Crippen LogP contribution in [-0.2, 0) is 6.42 Å². The van der Waals surface area contributed by atoms with Gasteiger partial charge in [-0.2, -0.15) is 0 Å². The number of hydrogen-bond acceptors (Lipinski definition) is 3. The Labute approximate surface area is 181 Å². The van der Waals surface area contributed by atoms with Crippen molar-refractivity contribution in [2.75, 3.05) is 26.7 Å². The number of benzene rings is 2. The number of hydrogen-bond donors (Lipinski definition) is 4. The van der Waals surface area contributed by atoms with E-state index in [9.17, 15) is 10.0 Å². The van der Waals surface area contributed by atoms with Crippen LogP contribution in [0.4, 0.5) is 0 Å². The van der Waals surface area contributed by atoms with E-state index < -0.39 is 0 Å². The van der Waals surface area contributed by atoms with Gasteiger partial charge in [0.1, 0.15) is 5.84 Å². The van der Waals surface area contributed by atoms with Crippen molar-refractivity contribution in [3.8, 4) is 0 Å². The van der Waals surface area contributed by atoms with Crippen LogP contribution in [0.1, 0.15) is 45.8 Å². The van der Waals surface area contributed by atoms with Gasteiger partial charge in [-0.05, 0) is 47.7 Å². The van der Waals surface area contributed by atoms with Crippen LogP contribution < -0.4 is 11.1 Å². The second kappa shape index (κ2) is 8.53. The molecule has 1 aliphatic heterocycles. The number of piperidine rings is 1. The molecule has 0 radical (unpaired) electrons. The first-order chi connectivity index (χ1) is 14.8. The zero-order valence-corrected chi connectivity index (χ0v) is 17.8. The lowest BCUT2D eigenvalue weighted by molar-refractivity contribution is -0.866. The average molecular weight is 420 g/mol. The van der Waals surface area contributed by atoms with Crippen LogP contribution in [0, 0.1) is 10.6 Å². The Balaban J connectivity index is 1.32. The number of hydroxylamine groups is 3. The number of aromatic amines is 1. The Morgan fingerprint density at radius 2 is 1.94 bits per heavy atom. The van der Waals surface area contributed by atoms with Crippen LogP contribution in [0.25, 0.3) is 10.9 Å². The van der Waals surface area contributed by atoms with Crippen molar-refractivity contribution < 1.29 is 9.44 Å². The van der Waals surface area contributed by atoms with Crippen molar-refractivity contribution in [1.29, 1.82) is 5.41 Å². The first kappa shape index (κ1) is 21.1. The van der Waals surface area contributed by atoms with Crippen molar-refractivity contribution in [3.63, 3.8) is 0 Å². The topological polar surface area (TPSA) is 118 Å². The summed E-state index contributed by atoms with van der Waals surface area (Å²) < 4.78 is -0.149. The summed E-state index contributed by atoms with van der Waals surface area (Å²) in [4.78, 5) is 15.6. The molecule has 0 atom stereocenters. The van der Waals surface area contributed by atoms with Gasteiger partial charge in [0.2, 0.25) is 0 Å². The fourth-order valence-electron chi connectivity index (χ4n) is 4.32. The van der Waals surface area contributed by atoms with Gasteiger partial charge in [-0.25, -0.2) is 0 Å². The van der Waals surface area contributed by atoms with E-state index in [-0.39, 0.29) is 16.4 Å². The highest BCUT2D eigenvalue weighted by atomic mass is 16.5. The molecule has 5 N–H and O–H groups in total. The van der Waals surface area contributed by atoms with E-state index in [2.05, 4.69) is 10.3 Å². The van der Waals surface area contributed by atoms with Crippen molar-refractivity contribution in [1.82, 2.24) is 10.3 Å². The third-order valence-electron chi connectivity index (χ3n) is 6.28. The molecular weight excluding hydrogens is 390 g/mol. The number of carbonyl (C=O) groups excluding carboxylic acids is 1. The van der Waals surface area contributed by atoms with Gasteiger partial charge in [0.15, 0.2) is 0 Å². The normalized spacial score (nSPS) is 21.2. The highest BCUT2D eigenvalue weighted by Crippen LogP contribution is 2.30. The molecule has 1 amide bonds. The average Bonchev–Trinajstić information content (AvgIpc) is 3.17. The van der Waals surface area contributed by atoms with Gasteiger partial charge in [-0.15, -0.1) is 0 Å². The number of nitrogens with two attached hydrogens (primary N) is 1. The summed E-state index contributed by atoms with van der Waals surface area (Å²) in [5.74, 6) is 0.348. The number of rotatable bonds is 6. The monoisotopic (exact) mass is 419 g/mol. The largest absolute Gasteiger partial charge is 0.633 e. The van der Waals surface area contributed by atoms with Crippen LogP contribution in [-0.4, -0.2) is 48.1 Å². The Kier molecular flexibility index (Phi) is 5.80. The van der Waals surface area contributed by atoms with Crippen molar-refractivity contribution in [2.45, 2.75) is 25.2 Å². The van der Waals surface area contributed by atoms with E-state index in [0.717, 1.165) is 29.3 Å². The van der Waals surface area contributed by atoms with Gasteiger partial charge in [0.25, 0.3) is 5.91 Å². The summed E-state index contributed by atoms with van der Waals surface area (Å²) in [6.45, 7) is 1.82. The minimum atomic E-state index is -0.149. The van der Waals surface area contributed by atoms with Crippen LogP contribution in [0.5, 0.6) is 0 Å². The first-order valence-corrected chi connectivity index (χ1v) is 10.7. The minimum absolute atomic E-state index is 0.0366. The predicted octanol–water partition coefficient (Wildman–Crippen LogP) is 3.25. The van der Waals surface area contributed by atoms with Gasteiger partial charge >= 0.3 is 0 Å². The fourth-order valence-corrected chi connectivity index (χ4v) is 4.32. The molecule has 0 saturated carbocycles. The second-order valence-electron chi connectivity index (χ2n) is 8.64. The number of quaternary nitrogens is 1. The molecule has 4 rings (SSSR count). The molecule has 162 valence electrons. The van der Waals surface area contributed by atoms with Crippen molar-refractivity contribution in [3.05, 3.63) is 76.1 Å². The summed E-state index contributed by atoms with van der Waals surface area (Å²) in [7, 11) is 1.74. The number of amidine groups is 1. The van der Waals surface area contributed by atoms with Crippen LogP contribution in [0.3, 0.4) is 0 Å². The highest BCUT2D eigenvalue weighted by Gasteiger charge is 2.24. The van der Waals surface area contributed by atoms with Crippen LogP contribution in [0.2, 0.25) is 0 Å². The van der Waals surface area contributed by atoms with Crippen molar-refractivity contribution in [2.24, 2.45) is 5.73 Å². The lowest BCUT2D eigenvalue weighted by Gasteiger charge is -2.44. The maximum absolute atomic E-state index is 12.5. The summed E-state index contributed by atoms with van der Waals surface area (Å²) in [5, 5.41) is 23.6. The predicted molar refractivity (Wildman–Crippen MR) is 123 cm³/mol. The van der Waals surface area contributed by atoms with E-state index in [0.29, 0.717) is 43.1 Å². The number of aromatic nitrogens is 1. The maximum Gasteiger partial charge on any atom is 0.251 e. The molecule has 0 aliphatic carbocycles. The second-order valence-corrected chi connectivity index (χ2v) is 8.64. The van der Waals surface area contributed by atoms with Gasteiger partial charge in [0.05, 0.1) is 20.1 Å². The maximum atomic E-state index is 12.5. The minimum Gasteiger partial charge on any atom is -0.633 e. The molecule has 1 saturated heterocycles. The van der Waals surface area contributed by atoms with E-state index in [1.165, 1.54) is 5.56 Å². The summed E-state index contributed by atoms with van der Waals surface area (Å²) in [6.07, 6.45) is 4.22. The lowest BCUT2D eigenvalue weighted by Crippen LogP contribution is -2.43. The zero-order valence-electron chi connectivity index (χ0n) is 17.8. The SMILES string of the molecule is C[N+]1([O-])CCC(c2ccc(C(=O)NCCc3ccc4[nH]cc(C(=N)N)c4c3)cc2)CC1. The molecular formula is C24H29N5O2. The number of nitrogen functional groups attached to an aromatic ring is 1. The molecule has 7 heteroatoms. The van der Waals surface area contributed by atoms with E-state index in [1.807, 2.05) is 42.5 Å². The van der Waals surface area contributed by atoms with Gasteiger partial charge in [-0.1, -0.05) is 18.2 Å². The smallest absolute Gasteiger partial charge is 0.251 e. The number of nitrogens with zero attached hydrogens (tertiary/aromatic N) is 1. The molecule has 2 aromatic carbocycles. The number of fused-ring (bicyclic) bond motifs is 1. The molecule has 2 heterocycles. The van der Waals surface area contributed by atoms with Gasteiger partial charge in [0, 0.05) is 47.6 Å². The lowest BCUT2D eigenvalue weighted by atomic mass is 9.89. The Hall–Kier alpha value is -3.16. The number of H-pyrrole nitrogens is 1. The van der Waals surface area contributed by atoms with E-state index in [1.54, 1.807) is 13.2 Å². The Bertz CT molecular complexity index is 1090. The third kappa shape index (κ3) is 4.78. The third-order valence-corrected chi connectivity index (χ3v) is 6.28. The molecule has 1 fully saturated rings. The Morgan fingerprint density at radius 3 is 2.61 bits per heavy atom. The van der Waals surface area contributed by atoms with Crippen LogP contribution in [0.15, 0.2) is 48.7 Å². The molecule has 7 nitrogen and oxygen atoms in total. The number of carbonyl (C=O) groups is 1. The van der Waals surface area contributed by atoms with Gasteiger partial charge < -0.3 is 25.9 Å². The quantitative estimate of drug-likeness (QED) is 0.213. The highest BCUT2D eigenvalue weighted by molar-refractivity contribution is 6.07. The summed E-state index contributed by atoms with van der Waals surface area (Å²) >= 11 is 0.